The van der Waals surface area contributed by atoms with Gasteiger partial charge in [-0.3, -0.25) is 4.79 Å². The third-order valence-corrected chi connectivity index (χ3v) is 7.68. The third-order valence-electron chi connectivity index (χ3n) is 7.13. The van der Waals surface area contributed by atoms with Crippen LogP contribution in [0.1, 0.15) is 42.0 Å². The minimum atomic E-state index is -0.183. The van der Waals surface area contributed by atoms with Crippen LogP contribution in [0.3, 0.4) is 0 Å². The molecule has 0 saturated carbocycles. The second kappa shape index (κ2) is 10.7. The summed E-state index contributed by atoms with van der Waals surface area (Å²) in [6, 6.07) is 19.0. The van der Waals surface area contributed by atoms with Crippen molar-refractivity contribution in [1.82, 2.24) is 24.8 Å². The molecule has 1 fully saturated rings. The van der Waals surface area contributed by atoms with Gasteiger partial charge in [-0.15, -0.1) is 0 Å². The molecule has 39 heavy (non-hydrogen) atoms. The molecule has 3 heterocycles. The van der Waals surface area contributed by atoms with Crippen LogP contribution in [-0.4, -0.2) is 49.9 Å². The van der Waals surface area contributed by atoms with Gasteiger partial charge in [0, 0.05) is 35.2 Å². The monoisotopic (exact) mass is 559 g/mol. The summed E-state index contributed by atoms with van der Waals surface area (Å²) in [5, 5.41) is 8.59. The molecule has 3 aromatic carbocycles. The van der Waals surface area contributed by atoms with Crippen LogP contribution < -0.4 is 10.6 Å². The number of aromatic amines is 1. The number of nitrogens with zero attached hydrogens (tertiary/aromatic N) is 4. The number of imidazole rings is 1. The molecular formula is C29H27Cl2N7O. The summed E-state index contributed by atoms with van der Waals surface area (Å²) in [7, 11) is 0. The van der Waals surface area contributed by atoms with Crippen LogP contribution in [0.15, 0.2) is 67.0 Å². The second-order valence-corrected chi connectivity index (χ2v) is 10.6. The van der Waals surface area contributed by atoms with Crippen LogP contribution >= 0.6 is 23.2 Å². The average Bonchev–Trinajstić information content (AvgIpc) is 3.59. The van der Waals surface area contributed by atoms with Crippen molar-refractivity contribution in [3.63, 3.8) is 0 Å². The number of para-hydroxylation sites is 1. The van der Waals surface area contributed by atoms with Crippen molar-refractivity contribution >= 4 is 62.6 Å². The second-order valence-electron chi connectivity index (χ2n) is 9.76. The number of carbonyl (C=O) groups excluding carboxylic acids is 1. The highest BCUT2D eigenvalue weighted by atomic mass is 35.5. The molecule has 8 nitrogen and oxygen atoms in total. The fraction of sp³-hybridized carbons (Fsp3) is 0.241. The van der Waals surface area contributed by atoms with Gasteiger partial charge in [-0.1, -0.05) is 41.4 Å². The number of amides is 1. The Morgan fingerprint density at radius 1 is 1.10 bits per heavy atom. The molecule has 1 aliphatic heterocycles. The number of aromatic nitrogens is 4. The van der Waals surface area contributed by atoms with Gasteiger partial charge in [0.1, 0.15) is 18.0 Å². The molecule has 10 heteroatoms. The summed E-state index contributed by atoms with van der Waals surface area (Å²) >= 11 is 12.8. The van der Waals surface area contributed by atoms with Crippen LogP contribution in [0.5, 0.6) is 0 Å². The van der Waals surface area contributed by atoms with Gasteiger partial charge in [-0.2, -0.15) is 0 Å². The Morgan fingerprint density at radius 3 is 2.79 bits per heavy atom. The highest BCUT2D eigenvalue weighted by Crippen LogP contribution is 2.31. The number of hydrogen-bond donors (Lipinski definition) is 3. The van der Waals surface area contributed by atoms with E-state index >= 15 is 0 Å². The molecule has 1 amide bonds. The molecule has 2 aromatic heterocycles. The normalized spacial score (nSPS) is 16.1. The van der Waals surface area contributed by atoms with Gasteiger partial charge < -0.3 is 20.5 Å². The van der Waals surface area contributed by atoms with Gasteiger partial charge in [0.25, 0.3) is 5.91 Å². The van der Waals surface area contributed by atoms with E-state index in [2.05, 4.69) is 30.6 Å². The molecule has 1 aliphatic rings. The predicted molar refractivity (Wildman–Crippen MR) is 157 cm³/mol. The van der Waals surface area contributed by atoms with Crippen molar-refractivity contribution in [3.8, 4) is 0 Å². The van der Waals surface area contributed by atoms with E-state index in [1.807, 2.05) is 60.4 Å². The predicted octanol–water partition coefficient (Wildman–Crippen LogP) is 6.70. The fourth-order valence-electron chi connectivity index (χ4n) is 5.09. The van der Waals surface area contributed by atoms with Gasteiger partial charge in [0.2, 0.25) is 0 Å². The van der Waals surface area contributed by atoms with E-state index in [-0.39, 0.29) is 18.0 Å². The van der Waals surface area contributed by atoms with Gasteiger partial charge in [-0.05, 0) is 62.2 Å². The van der Waals surface area contributed by atoms with Crippen molar-refractivity contribution in [3.05, 3.63) is 88.4 Å². The lowest BCUT2D eigenvalue weighted by molar-refractivity contribution is 0.0744. The Balaban J connectivity index is 1.22. The first kappa shape index (κ1) is 25.4. The van der Waals surface area contributed by atoms with Crippen LogP contribution in [-0.2, 0) is 0 Å². The lowest BCUT2D eigenvalue weighted by Crippen LogP contribution is -2.39. The van der Waals surface area contributed by atoms with Crippen molar-refractivity contribution in [1.29, 1.82) is 0 Å². The van der Waals surface area contributed by atoms with E-state index < -0.39 is 0 Å². The van der Waals surface area contributed by atoms with Gasteiger partial charge >= 0.3 is 0 Å². The summed E-state index contributed by atoms with van der Waals surface area (Å²) in [6.45, 7) is 3.37. The molecule has 0 radical (unpaired) electrons. The number of benzene rings is 3. The fourth-order valence-corrected chi connectivity index (χ4v) is 5.51. The molecule has 0 bridgehead atoms. The van der Waals surface area contributed by atoms with Crippen molar-refractivity contribution < 1.29 is 4.79 Å². The van der Waals surface area contributed by atoms with E-state index in [0.717, 1.165) is 40.8 Å². The number of anilines is 2. The molecule has 1 saturated heterocycles. The van der Waals surface area contributed by atoms with Gasteiger partial charge in [0.05, 0.1) is 33.2 Å². The Morgan fingerprint density at radius 2 is 1.95 bits per heavy atom. The lowest BCUT2D eigenvalue weighted by atomic mass is 10.1. The molecule has 0 spiro atoms. The quantitative estimate of drug-likeness (QED) is 0.205. The van der Waals surface area contributed by atoms with E-state index in [9.17, 15) is 4.79 Å². The maximum atomic E-state index is 13.6. The van der Waals surface area contributed by atoms with Gasteiger partial charge in [-0.25, -0.2) is 15.0 Å². The van der Waals surface area contributed by atoms with E-state index in [4.69, 9.17) is 23.2 Å². The van der Waals surface area contributed by atoms with Crippen LogP contribution in [0.2, 0.25) is 10.0 Å². The Kier molecular flexibility index (Phi) is 6.97. The molecular weight excluding hydrogens is 533 g/mol. The van der Waals surface area contributed by atoms with Crippen LogP contribution in [0, 0.1) is 0 Å². The summed E-state index contributed by atoms with van der Waals surface area (Å²) < 4.78 is 0. The number of hydrogen-bond acceptors (Lipinski definition) is 6. The molecule has 0 aliphatic carbocycles. The minimum Gasteiger partial charge on any atom is -0.383 e. The topological polar surface area (TPSA) is 98.8 Å². The number of rotatable bonds is 7. The van der Waals surface area contributed by atoms with Gasteiger partial charge in [0.15, 0.2) is 0 Å². The Bertz CT molecular complexity index is 1660. The number of fused-ring (bicyclic) bond motifs is 2. The number of H-pyrrole nitrogens is 1. The third kappa shape index (κ3) is 5.22. The maximum Gasteiger partial charge on any atom is 0.255 e. The summed E-state index contributed by atoms with van der Waals surface area (Å²) in [6.07, 6.45) is 3.39. The first-order valence-corrected chi connectivity index (χ1v) is 13.7. The van der Waals surface area contributed by atoms with E-state index in [1.165, 1.54) is 6.33 Å². The Hall–Kier alpha value is -3.88. The molecule has 0 unspecified atom stereocenters. The first-order valence-electron chi connectivity index (χ1n) is 12.9. The maximum absolute atomic E-state index is 13.6. The van der Waals surface area contributed by atoms with Crippen molar-refractivity contribution in [2.24, 2.45) is 0 Å². The molecule has 198 valence electrons. The van der Waals surface area contributed by atoms with Crippen LogP contribution in [0.4, 0.5) is 11.5 Å². The minimum absolute atomic E-state index is 0.0818. The lowest BCUT2D eigenvalue weighted by Gasteiger charge is -2.26. The highest BCUT2D eigenvalue weighted by Gasteiger charge is 2.30. The average molecular weight is 560 g/mol. The van der Waals surface area contributed by atoms with E-state index in [1.54, 1.807) is 12.1 Å². The highest BCUT2D eigenvalue weighted by molar-refractivity contribution is 6.35. The number of likely N-dealkylation sites (tertiary alicyclic amines) is 1. The molecule has 5 aromatic rings. The summed E-state index contributed by atoms with van der Waals surface area (Å²) in [4.78, 5) is 32.4. The molecule has 6 rings (SSSR count). The van der Waals surface area contributed by atoms with Crippen molar-refractivity contribution in [2.45, 2.75) is 31.8 Å². The van der Waals surface area contributed by atoms with Crippen molar-refractivity contribution in [2.75, 3.05) is 23.7 Å². The smallest absolute Gasteiger partial charge is 0.255 e. The standard InChI is InChI=1S/C29H27Cl2N7O/c1-17(27-36-24-10-9-18(30)12-26(24)37-27)35-28-22-13-23(31)21(14-25(22)33-16-34-28)29(39)38-11-5-8-20(38)15-32-19-6-3-2-4-7-19/h2-4,6-7,9-10,12-14,16-17,20,32H,5,8,11,15H2,1H3,(H,36,37)(H,33,34,35)/t17-,20+/m0/s1. The molecule has 3 N–H and O–H groups in total. The molecule has 2 atom stereocenters. The number of nitrogens with one attached hydrogen (secondary N) is 3. The van der Waals surface area contributed by atoms with E-state index in [0.29, 0.717) is 40.0 Å². The zero-order valence-electron chi connectivity index (χ0n) is 21.3. The number of halogens is 2. The van der Waals surface area contributed by atoms with Crippen LogP contribution in [0.25, 0.3) is 21.9 Å². The zero-order chi connectivity index (χ0) is 26.9. The zero-order valence-corrected chi connectivity index (χ0v) is 22.8. The SMILES string of the molecule is C[C@H](Nc1ncnc2cc(C(=O)N3CCC[C@@H]3CNc3ccccc3)c(Cl)cc12)c1nc2cc(Cl)ccc2[nH]1. The number of carbonyl (C=O) groups is 1. The summed E-state index contributed by atoms with van der Waals surface area (Å²) in [5.41, 5.74) is 3.83. The Labute approximate surface area is 235 Å². The largest absolute Gasteiger partial charge is 0.383 e. The summed E-state index contributed by atoms with van der Waals surface area (Å²) in [5.74, 6) is 1.28. The first-order chi connectivity index (χ1) is 19.0.